The van der Waals surface area contributed by atoms with Crippen molar-refractivity contribution in [1.29, 1.82) is 0 Å². The third-order valence-corrected chi connectivity index (χ3v) is 3.77. The normalized spacial score (nSPS) is 12.7. The fourth-order valence-corrected chi connectivity index (χ4v) is 2.87. The van der Waals surface area contributed by atoms with E-state index in [9.17, 15) is 0 Å². The maximum Gasteiger partial charge on any atom is 0.218 e. The zero-order valence-corrected chi connectivity index (χ0v) is 13.1. The van der Waals surface area contributed by atoms with Crippen molar-refractivity contribution in [2.45, 2.75) is 39.8 Å². The van der Waals surface area contributed by atoms with Crippen LogP contribution < -0.4 is 10.1 Å². The number of nitrogens with one attached hydrogen (secondary N) is 1. The average molecular weight is 291 g/mol. The fraction of sp³-hybridized carbons (Fsp3) is 0.467. The monoisotopic (exact) mass is 291 g/mol. The van der Waals surface area contributed by atoms with E-state index in [1.54, 1.807) is 11.3 Å². The standard InChI is InChI=1S/C15H21N3OS/c1-10(2)15(12-6-5-7-20-12)18-13-8-14(17-9-16-13)19-11(3)4/h5-11,15H,1-4H3,(H,16,17,18). The molecule has 5 heteroatoms. The molecule has 108 valence electrons. The maximum absolute atomic E-state index is 5.60. The van der Waals surface area contributed by atoms with Crippen LogP contribution in [0.1, 0.15) is 38.6 Å². The van der Waals surface area contributed by atoms with Crippen molar-refractivity contribution in [3.63, 3.8) is 0 Å². The van der Waals surface area contributed by atoms with Crippen molar-refractivity contribution in [2.75, 3.05) is 5.32 Å². The van der Waals surface area contributed by atoms with Crippen molar-refractivity contribution in [3.05, 3.63) is 34.8 Å². The molecule has 2 aromatic heterocycles. The van der Waals surface area contributed by atoms with Gasteiger partial charge in [0.2, 0.25) is 5.88 Å². The Morgan fingerprint density at radius 2 is 2.00 bits per heavy atom. The summed E-state index contributed by atoms with van der Waals surface area (Å²) in [6.45, 7) is 8.36. The van der Waals surface area contributed by atoms with Crippen LogP contribution in [-0.2, 0) is 0 Å². The first kappa shape index (κ1) is 14.8. The highest BCUT2D eigenvalue weighted by Gasteiger charge is 2.17. The van der Waals surface area contributed by atoms with Gasteiger partial charge in [-0.3, -0.25) is 0 Å². The SMILES string of the molecule is CC(C)Oc1cc(NC(c2cccs2)C(C)C)ncn1. The molecule has 0 amide bonds. The van der Waals surface area contributed by atoms with E-state index in [2.05, 4.69) is 46.6 Å². The second kappa shape index (κ2) is 6.70. The third kappa shape index (κ3) is 3.93. The third-order valence-electron chi connectivity index (χ3n) is 2.82. The Morgan fingerprint density at radius 1 is 1.20 bits per heavy atom. The second-order valence-electron chi connectivity index (χ2n) is 5.29. The highest BCUT2D eigenvalue weighted by molar-refractivity contribution is 7.10. The Labute approximate surface area is 124 Å². The van der Waals surface area contributed by atoms with Gasteiger partial charge in [0.25, 0.3) is 0 Å². The van der Waals surface area contributed by atoms with Crippen LogP contribution in [0.4, 0.5) is 5.82 Å². The minimum atomic E-state index is 0.107. The van der Waals surface area contributed by atoms with Gasteiger partial charge >= 0.3 is 0 Å². The van der Waals surface area contributed by atoms with E-state index in [1.807, 2.05) is 19.9 Å². The second-order valence-corrected chi connectivity index (χ2v) is 6.27. The number of thiophene rings is 1. The minimum absolute atomic E-state index is 0.107. The average Bonchev–Trinajstić information content (AvgIpc) is 2.88. The van der Waals surface area contributed by atoms with Crippen molar-refractivity contribution >= 4 is 17.2 Å². The van der Waals surface area contributed by atoms with E-state index in [1.165, 1.54) is 11.2 Å². The zero-order valence-electron chi connectivity index (χ0n) is 12.3. The molecule has 0 fully saturated rings. The van der Waals surface area contributed by atoms with Crippen LogP contribution in [-0.4, -0.2) is 16.1 Å². The van der Waals surface area contributed by atoms with E-state index < -0.39 is 0 Å². The van der Waals surface area contributed by atoms with Crippen molar-refractivity contribution in [2.24, 2.45) is 5.92 Å². The highest BCUT2D eigenvalue weighted by atomic mass is 32.1. The molecular formula is C15H21N3OS. The van der Waals surface area contributed by atoms with E-state index in [0.29, 0.717) is 11.8 Å². The van der Waals surface area contributed by atoms with Crippen LogP contribution in [0.2, 0.25) is 0 Å². The topological polar surface area (TPSA) is 47.0 Å². The summed E-state index contributed by atoms with van der Waals surface area (Å²) in [4.78, 5) is 9.72. The minimum Gasteiger partial charge on any atom is -0.475 e. The van der Waals surface area contributed by atoms with Gasteiger partial charge in [-0.25, -0.2) is 9.97 Å². The number of nitrogens with zero attached hydrogens (tertiary/aromatic N) is 2. The van der Waals surface area contributed by atoms with Gasteiger partial charge in [-0.1, -0.05) is 19.9 Å². The smallest absolute Gasteiger partial charge is 0.218 e. The van der Waals surface area contributed by atoms with Gasteiger partial charge in [-0.15, -0.1) is 11.3 Å². The number of anilines is 1. The zero-order chi connectivity index (χ0) is 14.5. The highest BCUT2D eigenvalue weighted by Crippen LogP contribution is 2.29. The molecule has 1 N–H and O–H groups in total. The molecule has 2 aromatic rings. The van der Waals surface area contributed by atoms with Gasteiger partial charge in [0.1, 0.15) is 12.1 Å². The summed E-state index contributed by atoms with van der Waals surface area (Å²) in [6, 6.07) is 6.32. The van der Waals surface area contributed by atoms with E-state index in [4.69, 9.17) is 4.74 Å². The molecule has 0 saturated heterocycles. The predicted octanol–water partition coefficient (Wildman–Crippen LogP) is 4.13. The Morgan fingerprint density at radius 3 is 2.60 bits per heavy atom. The number of rotatable bonds is 6. The molecule has 0 spiro atoms. The largest absolute Gasteiger partial charge is 0.475 e. The van der Waals surface area contributed by atoms with Crippen LogP contribution in [0.5, 0.6) is 5.88 Å². The first-order valence-electron chi connectivity index (χ1n) is 6.85. The van der Waals surface area contributed by atoms with E-state index in [0.717, 1.165) is 5.82 Å². The quantitative estimate of drug-likeness (QED) is 0.869. The Kier molecular flexibility index (Phi) is 4.95. The molecule has 0 radical (unpaired) electrons. The van der Waals surface area contributed by atoms with Crippen molar-refractivity contribution in [1.82, 2.24) is 9.97 Å². The summed E-state index contributed by atoms with van der Waals surface area (Å²) < 4.78 is 5.60. The molecule has 0 bridgehead atoms. The summed E-state index contributed by atoms with van der Waals surface area (Å²) in [5.74, 6) is 1.87. The maximum atomic E-state index is 5.60. The summed E-state index contributed by atoms with van der Waals surface area (Å²) in [7, 11) is 0. The van der Waals surface area contributed by atoms with Crippen molar-refractivity contribution < 1.29 is 4.74 Å². The molecule has 4 nitrogen and oxygen atoms in total. The lowest BCUT2D eigenvalue weighted by atomic mass is 10.0. The molecule has 0 aromatic carbocycles. The van der Waals surface area contributed by atoms with Crippen LogP contribution in [0.3, 0.4) is 0 Å². The summed E-state index contributed by atoms with van der Waals surface area (Å²) in [5.41, 5.74) is 0. The number of hydrogen-bond acceptors (Lipinski definition) is 5. The van der Waals surface area contributed by atoms with Gasteiger partial charge < -0.3 is 10.1 Å². The Balaban J connectivity index is 2.15. The fourth-order valence-electron chi connectivity index (χ4n) is 1.92. The molecule has 0 aliphatic carbocycles. The molecule has 0 saturated carbocycles. The van der Waals surface area contributed by atoms with Crippen LogP contribution in [0, 0.1) is 5.92 Å². The van der Waals surface area contributed by atoms with Gasteiger partial charge in [0, 0.05) is 10.9 Å². The molecule has 20 heavy (non-hydrogen) atoms. The van der Waals surface area contributed by atoms with Crippen LogP contribution in [0.15, 0.2) is 29.9 Å². The molecule has 2 rings (SSSR count). The van der Waals surface area contributed by atoms with Crippen LogP contribution in [0.25, 0.3) is 0 Å². The lowest BCUT2D eigenvalue weighted by Crippen LogP contribution is -2.16. The lowest BCUT2D eigenvalue weighted by molar-refractivity contribution is 0.232. The molecule has 2 heterocycles. The summed E-state index contributed by atoms with van der Waals surface area (Å²) in [5, 5.41) is 5.57. The first-order valence-corrected chi connectivity index (χ1v) is 7.73. The van der Waals surface area contributed by atoms with Gasteiger partial charge in [0.15, 0.2) is 0 Å². The number of ether oxygens (including phenoxy) is 1. The molecule has 0 aliphatic heterocycles. The van der Waals surface area contributed by atoms with E-state index >= 15 is 0 Å². The number of hydrogen-bond donors (Lipinski definition) is 1. The van der Waals surface area contributed by atoms with Gasteiger partial charge in [-0.2, -0.15) is 0 Å². The molecule has 0 aliphatic rings. The van der Waals surface area contributed by atoms with Crippen molar-refractivity contribution in [3.8, 4) is 5.88 Å². The lowest BCUT2D eigenvalue weighted by Gasteiger charge is -2.22. The molecular weight excluding hydrogens is 270 g/mol. The predicted molar refractivity (Wildman–Crippen MR) is 83.3 cm³/mol. The van der Waals surface area contributed by atoms with E-state index in [-0.39, 0.29) is 12.1 Å². The number of aromatic nitrogens is 2. The molecule has 1 atom stereocenters. The van der Waals surface area contributed by atoms with Gasteiger partial charge in [-0.05, 0) is 31.2 Å². The van der Waals surface area contributed by atoms with Gasteiger partial charge in [0.05, 0.1) is 12.1 Å². The molecule has 1 unspecified atom stereocenters. The summed E-state index contributed by atoms with van der Waals surface area (Å²) >= 11 is 1.76. The first-order chi connectivity index (χ1) is 9.56. The Bertz CT molecular complexity index is 526. The Hall–Kier alpha value is -1.62. The summed E-state index contributed by atoms with van der Waals surface area (Å²) in [6.07, 6.45) is 1.64. The van der Waals surface area contributed by atoms with Crippen LogP contribution >= 0.6 is 11.3 Å².